The summed E-state index contributed by atoms with van der Waals surface area (Å²) in [6, 6.07) is 104. The summed E-state index contributed by atoms with van der Waals surface area (Å²) in [7, 11) is -1.28. The molecule has 7 heterocycles. The number of aliphatic hydroxyl groups is 2. The first-order valence-electron chi connectivity index (χ1n) is 36.8. The van der Waals surface area contributed by atoms with Crippen LogP contribution in [0.2, 0.25) is 19.6 Å². The smallest absolute Gasteiger partial charge is 0.512 e. The Balaban J connectivity index is 0.000000163. The quantitative estimate of drug-likeness (QED) is 0.0367. The van der Waals surface area contributed by atoms with Crippen molar-refractivity contribution in [2.75, 3.05) is 0 Å². The fraction of sp³-hybridized carbons (Fsp3) is 0.131. The number of aryl methyl sites for hydroxylation is 5. The molecular formula is C99H88Ir2N6O4PtSi. The zero-order chi connectivity index (χ0) is 77.6. The van der Waals surface area contributed by atoms with Crippen molar-refractivity contribution in [2.45, 2.75) is 87.6 Å². The van der Waals surface area contributed by atoms with E-state index in [9.17, 15) is 9.59 Å². The molecule has 10 aromatic carbocycles. The Labute approximate surface area is 706 Å². The van der Waals surface area contributed by atoms with Crippen LogP contribution >= 0.6 is 0 Å². The van der Waals surface area contributed by atoms with Gasteiger partial charge in [0.1, 0.15) is 11.1 Å². The van der Waals surface area contributed by atoms with E-state index < -0.39 is 13.7 Å². The van der Waals surface area contributed by atoms with E-state index in [0.717, 1.165) is 72.8 Å². The summed E-state index contributed by atoms with van der Waals surface area (Å²) < 4.78 is 4.93. The van der Waals surface area contributed by atoms with Crippen LogP contribution in [0.25, 0.3) is 99.9 Å². The normalized spacial score (nSPS) is 12.6. The van der Waals surface area contributed by atoms with Crippen LogP contribution in [-0.4, -0.2) is 51.0 Å². The van der Waals surface area contributed by atoms with Gasteiger partial charge in [-0.1, -0.05) is 191 Å². The molecule has 2 radical (unpaired) electrons. The van der Waals surface area contributed by atoms with Crippen molar-refractivity contribution in [3.05, 3.63) is 378 Å². The third-order valence-corrected chi connectivity index (χ3v) is 20.8. The standard InChI is InChI=1S/C27H18N2.C24H16N2.C20H22NSi.C18H16N.2C5H8O2.2Ir.Pt/c1-2-10-20-18-29-26(17-19(20)9-1)22-12-4-6-14-24(22)27(29)23-13-5-3-11-21(23)25-15-7-8-16-28(25)27;1-2-10-20(11-3-1)22-13-4-5-15-24(22)26-18-19-9-8-12-21(17-19)23-14-6-7-16-25-23;1-14-10-15(2)12-17(11-14)20-8-6-16-13-18(22(3,4)5)7-9-19(16)21-20;1-12-8-13(2)10-16(9-12)18-14(3)17-7-5-4-6-15(17)11-19-18;2*1-4(6)3-5(2)7;;;/h1-18H;1-10,12-16,18H;6-11,13H,1-5H3;4-9,11H,1-3H3;2*3,6H,1-2H3;;;/q+2;-2;2*-1;;;;;+2. The fourth-order valence-corrected chi connectivity index (χ4v) is 15.3. The molecule has 15 aromatic rings. The summed E-state index contributed by atoms with van der Waals surface area (Å²) in [6.07, 6.45) is 12.5. The SMILES string of the molecule is CC(=O)C=C(C)O.CC(=O)C=C(C)O.Cc1[c-]c(-c2ccc3cc([Si](C)(C)C)ccc3n2)cc(C)c1.Cc1[c-]c(-c2ncc3ccccc3c2C)cc(C)c1.[Ir].[Ir].[Pt+2].[c-]1c(C=Nc2ccccc2-c2[c-]cccc2)cccc1-c1ccccn1.c1ccc2c(c1)-c1cccc[n+]1C21c2ccccc2-c2cc3ccccc3c[n+]21. The van der Waals surface area contributed by atoms with Crippen LogP contribution in [0.15, 0.2) is 314 Å². The number of hydrogen-bond acceptors (Lipinski definition) is 8. The fourth-order valence-electron chi connectivity index (χ4n) is 14.1. The van der Waals surface area contributed by atoms with Gasteiger partial charge in [0.05, 0.1) is 36.2 Å². The van der Waals surface area contributed by atoms with Crippen molar-refractivity contribution in [1.82, 2.24) is 15.0 Å². The topological polar surface area (TPSA) is 133 Å². The maximum Gasteiger partial charge on any atom is 2.00 e. The summed E-state index contributed by atoms with van der Waals surface area (Å²) in [5.41, 5.74) is 24.5. The zero-order valence-corrected chi connectivity index (χ0v) is 73.3. The number of nitrogens with zero attached hydrogens (tertiary/aromatic N) is 6. The van der Waals surface area contributed by atoms with E-state index in [4.69, 9.17) is 20.2 Å². The Morgan fingerprint density at radius 2 is 1.07 bits per heavy atom. The number of carbonyl (C=O) groups is 2. The zero-order valence-electron chi connectivity index (χ0n) is 65.2. The van der Waals surface area contributed by atoms with Gasteiger partial charge in [-0.3, -0.25) is 19.6 Å². The predicted molar refractivity (Wildman–Crippen MR) is 453 cm³/mol. The van der Waals surface area contributed by atoms with Crippen LogP contribution in [0.5, 0.6) is 0 Å². The number of allylic oxidation sites excluding steroid dienone is 4. The number of carbonyl (C=O) groups excluding carboxylic acids is 2. The van der Waals surface area contributed by atoms with Crippen LogP contribution in [-0.2, 0) is 76.5 Å². The van der Waals surface area contributed by atoms with Crippen LogP contribution < -0.4 is 14.3 Å². The Kier molecular flexibility index (Phi) is 29.7. The molecule has 0 aliphatic carbocycles. The summed E-state index contributed by atoms with van der Waals surface area (Å²) in [5.74, 6) is -0.125. The first kappa shape index (κ1) is 86.0. The summed E-state index contributed by atoms with van der Waals surface area (Å²) in [4.78, 5) is 38.6. The second-order valence-electron chi connectivity index (χ2n) is 28.6. The minimum absolute atomic E-state index is 0. The van der Waals surface area contributed by atoms with Gasteiger partial charge >= 0.3 is 26.7 Å². The van der Waals surface area contributed by atoms with Gasteiger partial charge in [0, 0.05) is 99.7 Å². The van der Waals surface area contributed by atoms with Crippen molar-refractivity contribution in [3.63, 3.8) is 0 Å². The maximum absolute atomic E-state index is 10.0. The average molecular weight is 2030 g/mol. The molecular weight excluding hydrogens is 1940 g/mol. The summed E-state index contributed by atoms with van der Waals surface area (Å²) in [5, 5.41) is 24.4. The number of ketones is 2. The Morgan fingerprint density at radius 3 is 1.70 bits per heavy atom. The molecule has 5 aromatic heterocycles. The second kappa shape index (κ2) is 39.0. The van der Waals surface area contributed by atoms with Gasteiger partial charge in [-0.05, 0) is 128 Å². The van der Waals surface area contributed by atoms with E-state index in [1.165, 1.54) is 122 Å². The molecule has 0 bridgehead atoms. The number of aliphatic imine (C=N–C) groups is 1. The molecule has 1 atom stereocenters. The van der Waals surface area contributed by atoms with E-state index in [0.29, 0.717) is 0 Å². The molecule has 14 heteroatoms. The summed E-state index contributed by atoms with van der Waals surface area (Å²) in [6.45, 7) is 23.3. The van der Waals surface area contributed by atoms with Crippen LogP contribution in [0.4, 0.5) is 5.69 Å². The van der Waals surface area contributed by atoms with Gasteiger partial charge in [0.2, 0.25) is 11.4 Å². The largest absolute Gasteiger partial charge is 2.00 e. The van der Waals surface area contributed by atoms with Crippen molar-refractivity contribution in [1.29, 1.82) is 0 Å². The maximum atomic E-state index is 10.0. The predicted octanol–water partition coefficient (Wildman–Crippen LogP) is 22.0. The number of aliphatic hydroxyl groups excluding tert-OH is 2. The number of fused-ring (bicyclic) bond motifs is 13. The number of hydrogen-bond donors (Lipinski definition) is 2. The summed E-state index contributed by atoms with van der Waals surface area (Å²) >= 11 is 0. The molecule has 570 valence electrons. The molecule has 0 saturated carbocycles. The first-order chi connectivity index (χ1) is 53.0. The molecule has 113 heavy (non-hydrogen) atoms. The van der Waals surface area contributed by atoms with Gasteiger partial charge in [-0.2, -0.15) is 0 Å². The molecule has 1 unspecified atom stereocenters. The third kappa shape index (κ3) is 20.7. The van der Waals surface area contributed by atoms with Crippen LogP contribution in [0, 0.1) is 58.9 Å². The van der Waals surface area contributed by atoms with Gasteiger partial charge in [-0.15, -0.1) is 145 Å². The number of para-hydroxylation sites is 1. The van der Waals surface area contributed by atoms with Gasteiger partial charge in [0.15, 0.2) is 24.0 Å². The minimum atomic E-state index is -1.28. The number of rotatable bonds is 9. The Bertz CT molecular complexity index is 5880. The molecule has 0 amide bonds. The van der Waals surface area contributed by atoms with Gasteiger partial charge in [-0.25, -0.2) is 0 Å². The van der Waals surface area contributed by atoms with Crippen molar-refractivity contribution in [2.24, 2.45) is 4.99 Å². The van der Waals surface area contributed by atoms with Gasteiger partial charge in [0.25, 0.3) is 0 Å². The molecule has 2 aliphatic rings. The monoisotopic (exact) mass is 2030 g/mol. The molecule has 0 saturated heterocycles. The molecule has 0 fully saturated rings. The second-order valence-corrected chi connectivity index (χ2v) is 33.7. The van der Waals surface area contributed by atoms with Crippen LogP contribution in [0.1, 0.15) is 72.2 Å². The van der Waals surface area contributed by atoms with E-state index in [1.807, 2.05) is 97.3 Å². The Morgan fingerprint density at radius 1 is 0.487 bits per heavy atom. The van der Waals surface area contributed by atoms with Crippen molar-refractivity contribution in [3.8, 4) is 67.4 Å². The Hall–Kier alpha value is -11.0. The van der Waals surface area contributed by atoms with Crippen molar-refractivity contribution >= 4 is 69.2 Å². The van der Waals surface area contributed by atoms with E-state index in [1.54, 1.807) is 6.20 Å². The first-order valence-corrected chi connectivity index (χ1v) is 40.3. The molecule has 10 nitrogen and oxygen atoms in total. The number of pyridine rings is 5. The van der Waals surface area contributed by atoms with Gasteiger partial charge < -0.3 is 20.2 Å². The number of benzene rings is 10. The molecule has 2 N–H and O–H groups in total. The number of aromatic nitrogens is 5. The third-order valence-electron chi connectivity index (χ3n) is 18.8. The minimum Gasteiger partial charge on any atom is -0.512 e. The van der Waals surface area contributed by atoms with Crippen molar-refractivity contribution < 1.29 is 90.2 Å². The van der Waals surface area contributed by atoms with Crippen LogP contribution in [0.3, 0.4) is 0 Å². The molecule has 17 rings (SSSR count). The van der Waals surface area contributed by atoms with E-state index in [2.05, 4.69) is 286 Å². The van der Waals surface area contributed by atoms with E-state index >= 15 is 0 Å². The molecule has 2 aliphatic heterocycles. The molecule has 1 spiro atoms. The van der Waals surface area contributed by atoms with E-state index in [-0.39, 0.29) is 84.4 Å². The average Bonchev–Trinajstić information content (AvgIpc) is 1.51.